The maximum atomic E-state index is 4.92. The van der Waals surface area contributed by atoms with Crippen LogP contribution in [0.2, 0.25) is 0 Å². The highest BCUT2D eigenvalue weighted by Gasteiger charge is 2.35. The largest absolute Gasteiger partial charge is 0.357 e. The van der Waals surface area contributed by atoms with Gasteiger partial charge in [-0.15, -0.1) is 0 Å². The maximum Gasteiger partial charge on any atom is 0.191 e. The zero-order valence-corrected chi connectivity index (χ0v) is 13.1. The molecule has 0 spiro atoms. The highest BCUT2D eigenvalue weighted by molar-refractivity contribution is 5.80. The molecule has 0 aromatic heterocycles. The first kappa shape index (κ1) is 14.4. The Morgan fingerprint density at radius 2 is 1.90 bits per heavy atom. The first-order chi connectivity index (χ1) is 10.3. The Balaban J connectivity index is 1.74. The normalized spacial score (nSPS) is 21.3. The molecule has 1 aromatic rings. The third kappa shape index (κ3) is 3.58. The average Bonchev–Trinajstić information content (AvgIpc) is 3.21. The van der Waals surface area contributed by atoms with Crippen LogP contribution < -0.4 is 10.6 Å². The number of hydrogen-bond donors (Lipinski definition) is 2. The van der Waals surface area contributed by atoms with E-state index in [0.29, 0.717) is 6.04 Å². The monoisotopic (exact) mass is 285 g/mol. The summed E-state index contributed by atoms with van der Waals surface area (Å²) in [6, 6.07) is 11.6. The highest BCUT2D eigenvalue weighted by Crippen LogP contribution is 2.41. The van der Waals surface area contributed by atoms with Gasteiger partial charge >= 0.3 is 0 Å². The molecule has 3 rings (SSSR count). The summed E-state index contributed by atoms with van der Waals surface area (Å²) in [5.74, 6) is 1.00. The number of guanidine groups is 1. The Hall–Kier alpha value is -1.51. The zero-order chi connectivity index (χ0) is 14.5. The number of rotatable bonds is 5. The van der Waals surface area contributed by atoms with Gasteiger partial charge in [0.2, 0.25) is 0 Å². The minimum atomic E-state index is 0.257. The molecule has 0 amide bonds. The Bertz CT molecular complexity index is 470. The summed E-state index contributed by atoms with van der Waals surface area (Å²) in [5, 5.41) is 6.91. The van der Waals surface area contributed by atoms with Crippen molar-refractivity contribution < 1.29 is 0 Å². The van der Waals surface area contributed by atoms with Crippen molar-refractivity contribution in [2.24, 2.45) is 4.99 Å². The molecular weight excluding hydrogens is 258 g/mol. The molecule has 0 bridgehead atoms. The smallest absolute Gasteiger partial charge is 0.191 e. The topological polar surface area (TPSA) is 36.4 Å². The van der Waals surface area contributed by atoms with Crippen molar-refractivity contribution in [1.29, 1.82) is 0 Å². The van der Waals surface area contributed by atoms with E-state index in [0.717, 1.165) is 19.0 Å². The second-order valence-corrected chi connectivity index (χ2v) is 6.47. The van der Waals surface area contributed by atoms with Crippen molar-refractivity contribution >= 4 is 5.96 Å². The molecule has 1 aromatic carbocycles. The molecule has 0 unspecified atom stereocenters. The predicted molar refractivity (Wildman–Crippen MR) is 88.7 cm³/mol. The van der Waals surface area contributed by atoms with Gasteiger partial charge in [0, 0.05) is 18.0 Å². The second-order valence-electron chi connectivity index (χ2n) is 6.47. The van der Waals surface area contributed by atoms with Gasteiger partial charge in [0.15, 0.2) is 5.96 Å². The van der Waals surface area contributed by atoms with Crippen LogP contribution in [-0.2, 0) is 5.41 Å². The fourth-order valence-electron chi connectivity index (χ4n) is 3.35. The molecule has 2 N–H and O–H groups in total. The molecule has 2 saturated carbocycles. The summed E-state index contributed by atoms with van der Waals surface area (Å²) in [6.07, 6.45) is 7.77. The van der Waals surface area contributed by atoms with E-state index in [1.807, 2.05) is 0 Å². The van der Waals surface area contributed by atoms with Crippen molar-refractivity contribution in [2.75, 3.05) is 13.1 Å². The minimum absolute atomic E-state index is 0.257. The summed E-state index contributed by atoms with van der Waals surface area (Å²) in [7, 11) is 0. The molecular formula is C18H27N3. The Kier molecular flexibility index (Phi) is 4.47. The quantitative estimate of drug-likeness (QED) is 0.644. The van der Waals surface area contributed by atoms with Crippen LogP contribution in [0.3, 0.4) is 0 Å². The fourth-order valence-corrected chi connectivity index (χ4v) is 3.35. The van der Waals surface area contributed by atoms with Crippen LogP contribution in [-0.4, -0.2) is 25.1 Å². The molecule has 3 heteroatoms. The van der Waals surface area contributed by atoms with Crippen molar-refractivity contribution in [3.63, 3.8) is 0 Å². The lowest BCUT2D eigenvalue weighted by molar-refractivity contribution is 0.452. The Morgan fingerprint density at radius 3 is 2.52 bits per heavy atom. The maximum absolute atomic E-state index is 4.92. The van der Waals surface area contributed by atoms with Crippen LogP contribution in [0.25, 0.3) is 0 Å². The Morgan fingerprint density at radius 1 is 1.19 bits per heavy atom. The summed E-state index contributed by atoms with van der Waals surface area (Å²) in [5.41, 5.74) is 1.72. The van der Waals surface area contributed by atoms with Gasteiger partial charge in [-0.25, -0.2) is 0 Å². The molecule has 0 atom stereocenters. The first-order valence-electron chi connectivity index (χ1n) is 8.43. The van der Waals surface area contributed by atoms with Gasteiger partial charge in [0.1, 0.15) is 0 Å². The van der Waals surface area contributed by atoms with Gasteiger partial charge in [-0.1, -0.05) is 43.2 Å². The van der Waals surface area contributed by atoms with Crippen LogP contribution in [0.5, 0.6) is 0 Å². The van der Waals surface area contributed by atoms with E-state index in [9.17, 15) is 0 Å². The van der Waals surface area contributed by atoms with E-state index in [2.05, 4.69) is 47.9 Å². The van der Waals surface area contributed by atoms with Crippen LogP contribution in [0, 0.1) is 0 Å². The summed E-state index contributed by atoms with van der Waals surface area (Å²) in [6.45, 7) is 3.96. The summed E-state index contributed by atoms with van der Waals surface area (Å²) in [4.78, 5) is 4.92. The molecule has 114 valence electrons. The number of benzene rings is 1. The van der Waals surface area contributed by atoms with Gasteiger partial charge in [-0.2, -0.15) is 0 Å². The highest BCUT2D eigenvalue weighted by atomic mass is 15.2. The number of nitrogens with one attached hydrogen (secondary N) is 2. The summed E-state index contributed by atoms with van der Waals surface area (Å²) < 4.78 is 0. The van der Waals surface area contributed by atoms with Crippen LogP contribution >= 0.6 is 0 Å². The predicted octanol–water partition coefficient (Wildman–Crippen LogP) is 3.22. The number of aliphatic imine (C=N–C) groups is 1. The van der Waals surface area contributed by atoms with Crippen molar-refractivity contribution in [2.45, 2.75) is 56.9 Å². The van der Waals surface area contributed by atoms with Crippen molar-refractivity contribution in [1.82, 2.24) is 10.6 Å². The second kappa shape index (κ2) is 6.50. The Labute approximate surface area is 128 Å². The molecule has 0 radical (unpaired) electrons. The van der Waals surface area contributed by atoms with Crippen LogP contribution in [0.4, 0.5) is 0 Å². The van der Waals surface area contributed by atoms with E-state index >= 15 is 0 Å². The molecule has 0 saturated heterocycles. The van der Waals surface area contributed by atoms with Gasteiger partial charge in [0.05, 0.1) is 6.54 Å². The molecule has 2 aliphatic carbocycles. The van der Waals surface area contributed by atoms with E-state index < -0.39 is 0 Å². The van der Waals surface area contributed by atoms with E-state index in [-0.39, 0.29) is 5.41 Å². The molecule has 3 nitrogen and oxygen atoms in total. The molecule has 0 heterocycles. The van der Waals surface area contributed by atoms with Crippen LogP contribution in [0.15, 0.2) is 35.3 Å². The lowest BCUT2D eigenvalue weighted by Gasteiger charge is -2.28. The average molecular weight is 285 g/mol. The standard InChI is InChI=1S/C18H27N3/c1-2-19-17(21-16-10-11-16)20-14-18(12-6-7-13-18)15-8-4-3-5-9-15/h3-5,8-9,16H,2,6-7,10-14H2,1H3,(H2,19,20,21). The van der Waals surface area contributed by atoms with Gasteiger partial charge in [-0.3, -0.25) is 4.99 Å². The lowest BCUT2D eigenvalue weighted by Crippen LogP contribution is -2.40. The van der Waals surface area contributed by atoms with E-state index in [1.54, 1.807) is 0 Å². The van der Waals surface area contributed by atoms with Gasteiger partial charge < -0.3 is 10.6 Å². The molecule has 0 aliphatic heterocycles. The van der Waals surface area contributed by atoms with E-state index in [4.69, 9.17) is 4.99 Å². The van der Waals surface area contributed by atoms with Gasteiger partial charge in [-0.05, 0) is 38.2 Å². The van der Waals surface area contributed by atoms with Crippen LogP contribution in [0.1, 0.15) is 51.0 Å². The first-order valence-corrected chi connectivity index (χ1v) is 8.43. The van der Waals surface area contributed by atoms with Gasteiger partial charge in [0.25, 0.3) is 0 Å². The van der Waals surface area contributed by atoms with Crippen molar-refractivity contribution in [3.8, 4) is 0 Å². The zero-order valence-electron chi connectivity index (χ0n) is 13.1. The van der Waals surface area contributed by atoms with Crippen molar-refractivity contribution in [3.05, 3.63) is 35.9 Å². The molecule has 2 fully saturated rings. The number of nitrogens with zero attached hydrogens (tertiary/aromatic N) is 1. The van der Waals surface area contributed by atoms with E-state index in [1.165, 1.54) is 44.1 Å². The molecule has 21 heavy (non-hydrogen) atoms. The lowest BCUT2D eigenvalue weighted by atomic mass is 9.79. The minimum Gasteiger partial charge on any atom is -0.357 e. The fraction of sp³-hybridized carbons (Fsp3) is 0.611. The SMILES string of the molecule is CCNC(=NCC1(c2ccccc2)CCCC1)NC1CC1. The third-order valence-corrected chi connectivity index (χ3v) is 4.75. The number of hydrogen-bond acceptors (Lipinski definition) is 1. The summed E-state index contributed by atoms with van der Waals surface area (Å²) >= 11 is 0. The molecule has 2 aliphatic rings. The third-order valence-electron chi connectivity index (χ3n) is 4.75.